The number of halogens is 6. The summed E-state index contributed by atoms with van der Waals surface area (Å²) in [7, 11) is 5.25. The van der Waals surface area contributed by atoms with Crippen LogP contribution in [0.2, 0.25) is 0 Å². The van der Waals surface area contributed by atoms with Crippen molar-refractivity contribution in [1.29, 1.82) is 0 Å². The van der Waals surface area contributed by atoms with Crippen LogP contribution in [0.3, 0.4) is 0 Å². The van der Waals surface area contributed by atoms with Crippen LogP contribution in [0, 0.1) is 0 Å². The first-order chi connectivity index (χ1) is 19.4. The Bertz CT molecular complexity index is 1490. The molecule has 41 heavy (non-hydrogen) atoms. The Labute approximate surface area is 239 Å². The molecule has 12 heteroatoms. The predicted octanol–water partition coefficient (Wildman–Crippen LogP) is 9.01. The number of hydrogen-bond donors (Lipinski definition) is 0. The molecule has 4 nitrogen and oxygen atoms in total. The Morgan fingerprint density at radius 1 is 0.512 bits per heavy atom. The van der Waals surface area contributed by atoms with Crippen LogP contribution in [0.15, 0.2) is 60.7 Å². The largest absolute Gasteiger partial charge is 0.497 e. The molecule has 216 valence electrons. The zero-order valence-corrected chi connectivity index (χ0v) is 23.6. The van der Waals surface area contributed by atoms with E-state index in [9.17, 15) is 0 Å². The molecule has 0 saturated carbocycles. The van der Waals surface area contributed by atoms with Crippen LogP contribution in [-0.2, 0) is 0 Å². The van der Waals surface area contributed by atoms with Crippen molar-refractivity contribution < 1.29 is 45.3 Å². The minimum absolute atomic E-state index is 0.221. The summed E-state index contributed by atoms with van der Waals surface area (Å²) in [5, 5.41) is -0.442. The molecular formula is C29H22F6O4S2. The Hall–Kier alpha value is -3.64. The summed E-state index contributed by atoms with van der Waals surface area (Å²) in [5.41, 5.74) is -3.09. The lowest BCUT2D eigenvalue weighted by molar-refractivity contribution is -0.254. The van der Waals surface area contributed by atoms with Crippen molar-refractivity contribution >= 4 is 33.8 Å². The molecule has 0 amide bonds. The number of alkyl halides is 6. The zero-order chi connectivity index (χ0) is 29.7. The van der Waals surface area contributed by atoms with Crippen LogP contribution in [0.25, 0.3) is 32.0 Å². The molecule has 0 aliphatic heterocycles. The van der Waals surface area contributed by atoms with E-state index in [2.05, 4.69) is 0 Å². The van der Waals surface area contributed by atoms with E-state index in [1.807, 2.05) is 0 Å². The quantitative estimate of drug-likeness (QED) is 0.186. The molecule has 0 fully saturated rings. The molecule has 0 N–H and O–H groups in total. The summed E-state index contributed by atoms with van der Waals surface area (Å²) >= 11 is 1.73. The van der Waals surface area contributed by atoms with Gasteiger partial charge in [-0.25, -0.2) is 0 Å². The molecule has 0 atom stereocenters. The Morgan fingerprint density at radius 2 is 0.854 bits per heavy atom. The van der Waals surface area contributed by atoms with Crippen LogP contribution in [0.5, 0.6) is 21.6 Å². The summed E-state index contributed by atoms with van der Waals surface area (Å²) in [5.74, 6) is -15.2. The zero-order valence-electron chi connectivity index (χ0n) is 22.0. The van der Waals surface area contributed by atoms with Gasteiger partial charge in [0.05, 0.1) is 28.4 Å². The smallest absolute Gasteiger partial charge is 0.380 e. The van der Waals surface area contributed by atoms with Gasteiger partial charge < -0.3 is 18.9 Å². The number of thiophene rings is 2. The first kappa shape index (κ1) is 28.9. The molecule has 2 aromatic carbocycles. The average molecular weight is 613 g/mol. The summed E-state index contributed by atoms with van der Waals surface area (Å²) in [6.45, 7) is 0. The third-order valence-corrected chi connectivity index (χ3v) is 9.01. The molecule has 5 rings (SSSR count). The lowest BCUT2D eigenvalue weighted by Crippen LogP contribution is -2.48. The number of hydrogen-bond acceptors (Lipinski definition) is 6. The van der Waals surface area contributed by atoms with Crippen LogP contribution in [-0.4, -0.2) is 46.2 Å². The Balaban J connectivity index is 1.76. The van der Waals surface area contributed by atoms with Gasteiger partial charge in [-0.05, 0) is 71.8 Å². The highest BCUT2D eigenvalue weighted by Gasteiger charge is 2.80. The molecule has 0 unspecified atom stereocenters. The van der Waals surface area contributed by atoms with Gasteiger partial charge >= 0.3 is 17.8 Å². The number of benzene rings is 2. The van der Waals surface area contributed by atoms with Crippen LogP contribution < -0.4 is 18.9 Å². The molecule has 1 aliphatic carbocycles. The van der Waals surface area contributed by atoms with Crippen molar-refractivity contribution in [3.05, 3.63) is 71.8 Å². The van der Waals surface area contributed by atoms with Gasteiger partial charge in [-0.1, -0.05) is 22.7 Å². The number of allylic oxidation sites excluding steroid dienone is 2. The van der Waals surface area contributed by atoms with E-state index < -0.39 is 40.0 Å². The Morgan fingerprint density at radius 3 is 1.15 bits per heavy atom. The SMILES string of the molecule is COc1ccc(-c2cc(C3=C(c4cc(-c5ccc(OC)cc5)sc4OC)C(F)(F)C(F)(F)C3(F)F)c(OC)s2)cc1. The molecule has 2 aromatic heterocycles. The summed E-state index contributed by atoms with van der Waals surface area (Å²) in [6, 6.07) is 15.3. The number of rotatable bonds is 8. The first-order valence-corrected chi connectivity index (χ1v) is 13.6. The van der Waals surface area contributed by atoms with Gasteiger partial charge in [0.1, 0.15) is 11.5 Å². The average Bonchev–Trinajstić information content (AvgIpc) is 3.61. The minimum atomic E-state index is -5.73. The highest BCUT2D eigenvalue weighted by molar-refractivity contribution is 7.18. The fourth-order valence-corrected chi connectivity index (χ4v) is 6.60. The van der Waals surface area contributed by atoms with Gasteiger partial charge in [-0.15, -0.1) is 0 Å². The van der Waals surface area contributed by atoms with Crippen LogP contribution >= 0.6 is 22.7 Å². The van der Waals surface area contributed by atoms with E-state index in [4.69, 9.17) is 18.9 Å². The van der Waals surface area contributed by atoms with Crippen molar-refractivity contribution in [1.82, 2.24) is 0 Å². The normalized spacial score (nSPS) is 17.0. The second-order valence-electron chi connectivity index (χ2n) is 8.96. The van der Waals surface area contributed by atoms with Crippen molar-refractivity contribution in [3.63, 3.8) is 0 Å². The standard InChI is InChI=1S/C29H22F6O4S2/c1-36-17-9-5-15(6-10-17)21-13-19(25(38-3)40-21)23-24(28(32,33)29(34,35)27(23,30)31)20-14-22(41-26(20)39-4)16-7-11-18(37-2)12-8-16/h5-14H,1-4H3. The van der Waals surface area contributed by atoms with E-state index in [0.29, 0.717) is 32.4 Å². The highest BCUT2D eigenvalue weighted by Crippen LogP contribution is 2.67. The van der Waals surface area contributed by atoms with E-state index in [-0.39, 0.29) is 10.1 Å². The fourth-order valence-electron chi connectivity index (χ4n) is 4.63. The molecule has 0 radical (unpaired) electrons. The van der Waals surface area contributed by atoms with Crippen molar-refractivity contribution in [3.8, 4) is 42.5 Å². The Kier molecular flexibility index (Phi) is 7.27. The minimum Gasteiger partial charge on any atom is -0.497 e. The van der Waals surface area contributed by atoms with E-state index in [0.717, 1.165) is 49.0 Å². The molecule has 0 saturated heterocycles. The van der Waals surface area contributed by atoms with Gasteiger partial charge in [0.25, 0.3) is 0 Å². The monoisotopic (exact) mass is 612 g/mol. The van der Waals surface area contributed by atoms with Crippen molar-refractivity contribution in [2.75, 3.05) is 28.4 Å². The maximum absolute atomic E-state index is 15.6. The second kappa shape index (κ2) is 10.3. The van der Waals surface area contributed by atoms with Gasteiger partial charge in [0, 0.05) is 32.0 Å². The summed E-state index contributed by atoms with van der Waals surface area (Å²) in [4.78, 5) is 0.689. The van der Waals surface area contributed by atoms with Crippen LogP contribution in [0.1, 0.15) is 11.1 Å². The summed E-state index contributed by atoms with van der Waals surface area (Å²) in [6.07, 6.45) is 0. The molecule has 0 spiro atoms. The van der Waals surface area contributed by atoms with E-state index in [1.54, 1.807) is 48.5 Å². The highest BCUT2D eigenvalue weighted by atomic mass is 32.1. The van der Waals surface area contributed by atoms with Gasteiger partial charge in [-0.2, -0.15) is 26.3 Å². The van der Waals surface area contributed by atoms with Gasteiger partial charge in [0.2, 0.25) is 0 Å². The maximum atomic E-state index is 15.6. The third-order valence-electron chi connectivity index (χ3n) is 6.72. The molecule has 2 heterocycles. The van der Waals surface area contributed by atoms with E-state index >= 15 is 26.3 Å². The van der Waals surface area contributed by atoms with E-state index in [1.165, 1.54) is 14.2 Å². The lowest BCUT2D eigenvalue weighted by Gasteiger charge is -2.25. The first-order valence-electron chi connectivity index (χ1n) is 11.9. The fraction of sp³-hybridized carbons (Fsp3) is 0.241. The number of methoxy groups -OCH3 is 4. The third kappa shape index (κ3) is 4.44. The molecule has 4 aromatic rings. The summed E-state index contributed by atoms with van der Waals surface area (Å²) < 4.78 is 113. The predicted molar refractivity (Wildman–Crippen MR) is 147 cm³/mol. The second-order valence-corrected chi connectivity index (χ2v) is 11.0. The lowest BCUT2D eigenvalue weighted by atomic mass is 9.96. The van der Waals surface area contributed by atoms with Crippen molar-refractivity contribution in [2.45, 2.75) is 17.8 Å². The van der Waals surface area contributed by atoms with Crippen LogP contribution in [0.4, 0.5) is 26.3 Å². The molecular weight excluding hydrogens is 590 g/mol. The number of ether oxygens (including phenoxy) is 4. The molecule has 1 aliphatic rings. The van der Waals surface area contributed by atoms with Crippen molar-refractivity contribution in [2.24, 2.45) is 0 Å². The van der Waals surface area contributed by atoms with Gasteiger partial charge in [0.15, 0.2) is 10.1 Å². The topological polar surface area (TPSA) is 36.9 Å². The maximum Gasteiger partial charge on any atom is 0.380 e. The molecule has 0 bridgehead atoms. The van der Waals surface area contributed by atoms with Gasteiger partial charge in [-0.3, -0.25) is 0 Å².